The van der Waals surface area contributed by atoms with Crippen molar-refractivity contribution in [2.75, 3.05) is 5.73 Å². The van der Waals surface area contributed by atoms with Crippen LogP contribution in [0.25, 0.3) is 11.3 Å². The van der Waals surface area contributed by atoms with Crippen LogP contribution in [0.1, 0.15) is 40.9 Å². The lowest BCUT2D eigenvalue weighted by molar-refractivity contribution is -0.0133. The zero-order valence-electron chi connectivity index (χ0n) is 27.7. The number of nitrogen functional groups attached to an aromatic ring is 1. The Hall–Kier alpha value is -6.48. The van der Waals surface area contributed by atoms with Crippen molar-refractivity contribution in [2.24, 2.45) is 0 Å². The molecule has 0 unspecified atom stereocenters. The Labute approximate surface area is 295 Å². The quantitative estimate of drug-likeness (QED) is 0.161. The fraction of sp³-hybridized carbons (Fsp3) is 0.162. The van der Waals surface area contributed by atoms with Crippen LogP contribution in [0.2, 0.25) is 0 Å². The maximum Gasteiger partial charge on any atom is 0.213 e. The summed E-state index contributed by atoms with van der Waals surface area (Å²) >= 11 is 0. The first-order valence-corrected chi connectivity index (χ1v) is 15.9. The van der Waals surface area contributed by atoms with Crippen molar-refractivity contribution in [1.82, 2.24) is 39.9 Å². The molecule has 0 bridgehead atoms. The summed E-state index contributed by atoms with van der Waals surface area (Å²) in [6.07, 6.45) is 8.69. The number of halogens is 3. The molecule has 7 rings (SSSR count). The molecule has 0 aliphatic heterocycles. The predicted molar refractivity (Wildman–Crippen MR) is 183 cm³/mol. The number of anilines is 1. The Morgan fingerprint density at radius 1 is 0.885 bits per heavy atom. The van der Waals surface area contributed by atoms with Crippen molar-refractivity contribution in [3.63, 3.8) is 0 Å². The van der Waals surface area contributed by atoms with Crippen molar-refractivity contribution in [1.29, 1.82) is 0 Å². The van der Waals surface area contributed by atoms with Gasteiger partial charge < -0.3 is 20.1 Å². The smallest absolute Gasteiger partial charge is 0.213 e. The summed E-state index contributed by atoms with van der Waals surface area (Å²) in [5.74, 6) is -1.80. The number of pyridine rings is 2. The van der Waals surface area contributed by atoms with Gasteiger partial charge in [0, 0.05) is 48.5 Å². The summed E-state index contributed by atoms with van der Waals surface area (Å²) in [6, 6.07) is 22.2. The third-order valence-corrected chi connectivity index (χ3v) is 8.19. The summed E-state index contributed by atoms with van der Waals surface area (Å²) in [4.78, 5) is 19.4. The minimum atomic E-state index is -1.96. The maximum absolute atomic E-state index is 14.4. The molecule has 0 amide bonds. The van der Waals surface area contributed by atoms with Gasteiger partial charge in [0.1, 0.15) is 48.6 Å². The predicted octanol–water partition coefficient (Wildman–Crippen LogP) is 6.06. The molecule has 0 fully saturated rings. The molecule has 0 saturated heterocycles. The lowest BCUT2D eigenvalue weighted by Crippen LogP contribution is -2.39. The van der Waals surface area contributed by atoms with Gasteiger partial charge in [0.05, 0.1) is 29.7 Å². The summed E-state index contributed by atoms with van der Waals surface area (Å²) in [6.45, 7) is 1.73. The lowest BCUT2D eigenvalue weighted by atomic mass is 9.79. The van der Waals surface area contributed by atoms with Gasteiger partial charge in [-0.25, -0.2) is 42.8 Å². The largest absolute Gasteiger partial charge is 0.473 e. The number of rotatable bonds is 11. The molecule has 52 heavy (non-hydrogen) atoms. The molecule has 7 aromatic rings. The van der Waals surface area contributed by atoms with E-state index >= 15 is 0 Å². The molecule has 0 aliphatic carbocycles. The molecule has 12 nitrogen and oxygen atoms in total. The number of aromatic nitrogens is 8. The second-order valence-corrected chi connectivity index (χ2v) is 11.7. The van der Waals surface area contributed by atoms with Crippen molar-refractivity contribution >= 4 is 5.82 Å². The summed E-state index contributed by atoms with van der Waals surface area (Å²) in [5.41, 5.74) is 7.43. The van der Waals surface area contributed by atoms with Crippen LogP contribution in [0, 0.1) is 17.5 Å². The van der Waals surface area contributed by atoms with Gasteiger partial charge in [-0.05, 0) is 35.4 Å². The lowest BCUT2D eigenvalue weighted by Gasteiger charge is -2.34. The molecular weight excluding hydrogens is 675 g/mol. The van der Waals surface area contributed by atoms with Crippen molar-refractivity contribution in [2.45, 2.75) is 38.0 Å². The third-order valence-electron chi connectivity index (χ3n) is 8.19. The number of nitrogens with two attached hydrogens (primary N) is 1. The molecule has 0 radical (unpaired) electrons. The average molecular weight is 708 g/mol. The molecule has 2 aromatic carbocycles. The molecular formula is C37H32F3N9O3. The third kappa shape index (κ3) is 8.45. The van der Waals surface area contributed by atoms with Crippen molar-refractivity contribution in [3.8, 4) is 17.2 Å². The second-order valence-electron chi connectivity index (χ2n) is 11.7. The molecule has 0 saturated carbocycles. The van der Waals surface area contributed by atoms with Crippen LogP contribution in [0.5, 0.6) is 5.88 Å². The minimum Gasteiger partial charge on any atom is -0.473 e. The molecule has 0 spiro atoms. The number of nitrogens with zero attached hydrogens (tertiary/aromatic N) is 8. The highest BCUT2D eigenvalue weighted by molar-refractivity contribution is 5.69. The second kappa shape index (κ2) is 16.0. The fourth-order valence-corrected chi connectivity index (χ4v) is 5.42. The number of hydrogen-bond acceptors (Lipinski definition) is 11. The van der Waals surface area contributed by atoms with E-state index in [4.69, 9.17) is 15.0 Å². The topological polar surface area (TPSA) is 164 Å². The van der Waals surface area contributed by atoms with Crippen LogP contribution in [0.15, 0.2) is 121 Å². The first-order valence-electron chi connectivity index (χ1n) is 15.9. The van der Waals surface area contributed by atoms with E-state index < -0.39 is 29.0 Å². The van der Waals surface area contributed by atoms with Gasteiger partial charge in [0.25, 0.3) is 0 Å². The molecule has 5 heterocycles. The molecule has 264 valence electrons. The Morgan fingerprint density at radius 2 is 1.69 bits per heavy atom. The number of ether oxygens (including phenoxy) is 1. The van der Waals surface area contributed by atoms with Crippen LogP contribution >= 0.6 is 0 Å². The summed E-state index contributed by atoms with van der Waals surface area (Å²) in [5, 5.41) is 19.3. The first-order chi connectivity index (χ1) is 25.2. The van der Waals surface area contributed by atoms with Crippen molar-refractivity contribution in [3.05, 3.63) is 162 Å². The van der Waals surface area contributed by atoms with Gasteiger partial charge in [-0.3, -0.25) is 0 Å². The molecule has 0 aliphatic rings. The van der Waals surface area contributed by atoms with Crippen LogP contribution in [0.4, 0.5) is 19.0 Å². The van der Waals surface area contributed by atoms with Gasteiger partial charge >= 0.3 is 0 Å². The Balaban J connectivity index is 0.000000179. The van der Waals surface area contributed by atoms with E-state index in [2.05, 4.69) is 47.3 Å². The first kappa shape index (κ1) is 35.3. The van der Waals surface area contributed by atoms with Gasteiger partial charge in [0.15, 0.2) is 11.6 Å². The van der Waals surface area contributed by atoms with Gasteiger partial charge in [-0.2, -0.15) is 5.10 Å². The maximum atomic E-state index is 14.4. The van der Waals surface area contributed by atoms with Crippen LogP contribution in [0.3, 0.4) is 0 Å². The van der Waals surface area contributed by atoms with E-state index in [-0.39, 0.29) is 17.8 Å². The summed E-state index contributed by atoms with van der Waals surface area (Å²) < 4.78 is 54.1. The normalized spacial score (nSPS) is 12.7. The monoisotopic (exact) mass is 707 g/mol. The zero-order valence-corrected chi connectivity index (χ0v) is 27.7. The summed E-state index contributed by atoms with van der Waals surface area (Å²) in [7, 11) is 0. The van der Waals surface area contributed by atoms with Crippen molar-refractivity contribution < 1.29 is 27.5 Å². The van der Waals surface area contributed by atoms with E-state index in [1.54, 1.807) is 12.4 Å². The average Bonchev–Trinajstić information content (AvgIpc) is 3.84. The van der Waals surface area contributed by atoms with E-state index in [1.165, 1.54) is 24.3 Å². The number of aliphatic hydroxyl groups is 1. The molecule has 2 atom stereocenters. The Kier molecular flexibility index (Phi) is 10.9. The number of benzene rings is 2. The SMILES string of the molecule is C[C@@H](c1ncncc1F)[C@](O)(Cn1cncn1)c1ccc(F)cc1F.Nc1ncccc1-c1cc(Cc2ccc(COc3ccccn3)cc2)no1. The fourth-order valence-electron chi connectivity index (χ4n) is 5.42. The zero-order chi connectivity index (χ0) is 36.5. The number of hydrogen-bond donors (Lipinski definition) is 2. The Morgan fingerprint density at radius 3 is 2.40 bits per heavy atom. The Bertz CT molecular complexity index is 2200. The highest BCUT2D eigenvalue weighted by Crippen LogP contribution is 2.39. The molecule has 3 N–H and O–H groups in total. The van der Waals surface area contributed by atoms with E-state index in [1.807, 2.05) is 48.5 Å². The molecule has 15 heteroatoms. The highest BCUT2D eigenvalue weighted by Gasteiger charge is 2.41. The van der Waals surface area contributed by atoms with Crippen LogP contribution < -0.4 is 10.5 Å². The van der Waals surface area contributed by atoms with E-state index in [0.29, 0.717) is 36.6 Å². The van der Waals surface area contributed by atoms with Gasteiger partial charge in [0.2, 0.25) is 5.88 Å². The minimum absolute atomic E-state index is 0.0960. The van der Waals surface area contributed by atoms with Crippen LogP contribution in [-0.2, 0) is 25.2 Å². The van der Waals surface area contributed by atoms with Gasteiger partial charge in [-0.15, -0.1) is 0 Å². The van der Waals surface area contributed by atoms with E-state index in [0.717, 1.165) is 47.0 Å². The van der Waals surface area contributed by atoms with E-state index in [9.17, 15) is 18.3 Å². The van der Waals surface area contributed by atoms with Gasteiger partial charge in [-0.1, -0.05) is 48.5 Å². The molecule has 5 aromatic heterocycles. The highest BCUT2D eigenvalue weighted by atomic mass is 19.1. The standard InChI is InChI=1S/C21H18N4O2.C16H14F3N5O/c22-21-18(4-3-11-24-21)19-13-17(25-27-19)12-15-6-8-16(9-7-15)14-26-20-5-1-2-10-23-20;1-10(15-14(19)5-20-7-22-15)16(25,6-24-9-21-8-23-24)12-3-2-11(17)4-13(12)18/h1-11,13H,12,14H2,(H2,22,24);2-5,7-10,25H,6H2,1H3/t;10-,16+/m.0/s1. The van der Waals surface area contributed by atoms with Crippen LogP contribution in [-0.4, -0.2) is 45.0 Å².